The summed E-state index contributed by atoms with van der Waals surface area (Å²) in [6.45, 7) is -2.82. The summed E-state index contributed by atoms with van der Waals surface area (Å²) >= 11 is 3.14. The van der Waals surface area contributed by atoms with Gasteiger partial charge in [-0.05, 0) is 12.1 Å². The lowest BCUT2D eigenvalue weighted by molar-refractivity contribution is -0.0499. The van der Waals surface area contributed by atoms with Crippen molar-refractivity contribution < 1.29 is 18.3 Å². The molecular weight excluding hydrogens is 246 g/mol. The van der Waals surface area contributed by atoms with Gasteiger partial charge in [0.1, 0.15) is 11.5 Å². The predicted molar refractivity (Wildman–Crippen MR) is 47.3 cm³/mol. The molecule has 0 aliphatic carbocycles. The summed E-state index contributed by atoms with van der Waals surface area (Å²) in [7, 11) is 1.45. The van der Waals surface area contributed by atoms with Gasteiger partial charge in [0, 0.05) is 10.5 Å². The van der Waals surface area contributed by atoms with Crippen molar-refractivity contribution in [1.29, 1.82) is 0 Å². The minimum atomic E-state index is -2.82. The fourth-order valence-electron chi connectivity index (χ4n) is 0.826. The van der Waals surface area contributed by atoms with E-state index >= 15 is 0 Å². The minimum Gasteiger partial charge on any atom is -0.497 e. The van der Waals surface area contributed by atoms with Crippen molar-refractivity contribution in [2.45, 2.75) is 6.61 Å². The Labute approximate surface area is 82.6 Å². The van der Waals surface area contributed by atoms with Crippen LogP contribution in [-0.2, 0) is 0 Å². The normalized spacial score (nSPS) is 10.2. The van der Waals surface area contributed by atoms with Crippen molar-refractivity contribution in [2.75, 3.05) is 7.11 Å². The van der Waals surface area contributed by atoms with Gasteiger partial charge in [-0.25, -0.2) is 0 Å². The van der Waals surface area contributed by atoms with Gasteiger partial charge in [-0.15, -0.1) is 0 Å². The van der Waals surface area contributed by atoms with E-state index < -0.39 is 6.61 Å². The van der Waals surface area contributed by atoms with Crippen LogP contribution in [0.15, 0.2) is 22.7 Å². The topological polar surface area (TPSA) is 18.5 Å². The Bertz CT molecular complexity index is 291. The van der Waals surface area contributed by atoms with Crippen molar-refractivity contribution in [1.82, 2.24) is 0 Å². The SMILES string of the molecule is COc1cc(Br)cc(OC(F)F)c1. The zero-order valence-corrected chi connectivity index (χ0v) is 8.35. The van der Waals surface area contributed by atoms with Crippen LogP contribution < -0.4 is 9.47 Å². The molecule has 0 saturated carbocycles. The van der Waals surface area contributed by atoms with E-state index in [1.165, 1.54) is 19.2 Å². The van der Waals surface area contributed by atoms with Gasteiger partial charge in [0.25, 0.3) is 0 Å². The predicted octanol–water partition coefficient (Wildman–Crippen LogP) is 3.06. The smallest absolute Gasteiger partial charge is 0.387 e. The molecule has 1 rings (SSSR count). The van der Waals surface area contributed by atoms with E-state index in [0.29, 0.717) is 10.2 Å². The van der Waals surface area contributed by atoms with Crippen molar-refractivity contribution in [2.24, 2.45) is 0 Å². The molecule has 0 aromatic heterocycles. The van der Waals surface area contributed by atoms with E-state index in [1.54, 1.807) is 6.07 Å². The van der Waals surface area contributed by atoms with Gasteiger partial charge < -0.3 is 9.47 Å². The molecule has 0 aliphatic rings. The number of ether oxygens (including phenoxy) is 2. The van der Waals surface area contributed by atoms with Gasteiger partial charge in [0.15, 0.2) is 0 Å². The molecule has 0 N–H and O–H groups in total. The van der Waals surface area contributed by atoms with E-state index in [0.717, 1.165) is 0 Å². The Hall–Kier alpha value is -0.840. The van der Waals surface area contributed by atoms with Crippen LogP contribution in [0.3, 0.4) is 0 Å². The zero-order chi connectivity index (χ0) is 9.84. The maximum absolute atomic E-state index is 11.8. The maximum Gasteiger partial charge on any atom is 0.387 e. The Morgan fingerprint density at radius 2 is 1.85 bits per heavy atom. The van der Waals surface area contributed by atoms with E-state index in [-0.39, 0.29) is 5.75 Å². The second-order valence-electron chi connectivity index (χ2n) is 2.21. The van der Waals surface area contributed by atoms with Crippen LogP contribution in [0.5, 0.6) is 11.5 Å². The Kier molecular flexibility index (Phi) is 3.48. The Balaban J connectivity index is 2.88. The van der Waals surface area contributed by atoms with Crippen molar-refractivity contribution in [3.05, 3.63) is 22.7 Å². The number of hydrogen-bond donors (Lipinski definition) is 0. The van der Waals surface area contributed by atoms with Crippen molar-refractivity contribution in [3.63, 3.8) is 0 Å². The van der Waals surface area contributed by atoms with E-state index in [4.69, 9.17) is 4.74 Å². The van der Waals surface area contributed by atoms with Crippen molar-refractivity contribution >= 4 is 15.9 Å². The van der Waals surface area contributed by atoms with Gasteiger partial charge >= 0.3 is 6.61 Å². The summed E-state index contributed by atoms with van der Waals surface area (Å²) in [6, 6.07) is 4.48. The molecule has 13 heavy (non-hydrogen) atoms. The standard InChI is InChI=1S/C8H7BrF2O2/c1-12-6-2-5(9)3-7(4-6)13-8(10)11/h2-4,8H,1H3. The number of hydrogen-bond acceptors (Lipinski definition) is 2. The third-order valence-electron chi connectivity index (χ3n) is 1.31. The highest BCUT2D eigenvalue weighted by molar-refractivity contribution is 9.10. The highest BCUT2D eigenvalue weighted by atomic mass is 79.9. The van der Waals surface area contributed by atoms with Crippen LogP contribution in [0.4, 0.5) is 8.78 Å². The van der Waals surface area contributed by atoms with Crippen LogP contribution in [-0.4, -0.2) is 13.7 Å². The lowest BCUT2D eigenvalue weighted by atomic mass is 10.3. The fourth-order valence-corrected chi connectivity index (χ4v) is 1.28. The first-order valence-corrected chi connectivity index (χ1v) is 4.20. The second-order valence-corrected chi connectivity index (χ2v) is 3.12. The fraction of sp³-hybridized carbons (Fsp3) is 0.250. The summed E-state index contributed by atoms with van der Waals surface area (Å²) in [5.74, 6) is 0.534. The molecule has 0 aliphatic heterocycles. The molecule has 0 fully saturated rings. The third-order valence-corrected chi connectivity index (χ3v) is 1.76. The first kappa shape index (κ1) is 10.2. The first-order valence-electron chi connectivity index (χ1n) is 3.41. The minimum absolute atomic E-state index is 0.0706. The summed E-state index contributed by atoms with van der Waals surface area (Å²) in [6.07, 6.45) is 0. The van der Waals surface area contributed by atoms with Gasteiger partial charge in [-0.3, -0.25) is 0 Å². The average Bonchev–Trinajstić information content (AvgIpc) is 2.01. The first-order chi connectivity index (χ1) is 6.11. The third kappa shape index (κ3) is 3.18. The van der Waals surface area contributed by atoms with Gasteiger partial charge in [0.2, 0.25) is 0 Å². The van der Waals surface area contributed by atoms with Crippen LogP contribution in [0.25, 0.3) is 0 Å². The molecule has 0 heterocycles. The van der Waals surface area contributed by atoms with Crippen LogP contribution >= 0.6 is 15.9 Å². The van der Waals surface area contributed by atoms with Crippen LogP contribution in [0.2, 0.25) is 0 Å². The monoisotopic (exact) mass is 252 g/mol. The average molecular weight is 253 g/mol. The van der Waals surface area contributed by atoms with E-state index in [2.05, 4.69) is 20.7 Å². The number of methoxy groups -OCH3 is 1. The van der Waals surface area contributed by atoms with Gasteiger partial charge in [0.05, 0.1) is 7.11 Å². The van der Waals surface area contributed by atoms with E-state index in [9.17, 15) is 8.78 Å². The molecule has 0 bridgehead atoms. The maximum atomic E-state index is 11.8. The van der Waals surface area contributed by atoms with Crippen LogP contribution in [0, 0.1) is 0 Å². The molecule has 0 amide bonds. The van der Waals surface area contributed by atoms with Gasteiger partial charge in [-0.2, -0.15) is 8.78 Å². The molecule has 0 atom stereocenters. The number of alkyl halides is 2. The molecule has 2 nitrogen and oxygen atoms in total. The quantitative estimate of drug-likeness (QED) is 0.824. The lowest BCUT2D eigenvalue weighted by Crippen LogP contribution is -2.01. The second kappa shape index (κ2) is 4.41. The van der Waals surface area contributed by atoms with Crippen LogP contribution in [0.1, 0.15) is 0 Å². The summed E-state index contributed by atoms with van der Waals surface area (Å²) in [5, 5.41) is 0. The van der Waals surface area contributed by atoms with E-state index in [1.807, 2.05) is 0 Å². The molecule has 1 aromatic rings. The molecule has 5 heteroatoms. The summed E-state index contributed by atoms with van der Waals surface area (Å²) in [4.78, 5) is 0. The molecule has 0 radical (unpaired) electrons. The molecule has 0 saturated heterocycles. The Morgan fingerprint density at radius 3 is 2.38 bits per heavy atom. The highest BCUT2D eigenvalue weighted by Gasteiger charge is 2.06. The number of halogens is 3. The largest absolute Gasteiger partial charge is 0.497 e. The lowest BCUT2D eigenvalue weighted by Gasteiger charge is -2.06. The number of rotatable bonds is 3. The molecule has 1 aromatic carbocycles. The summed E-state index contributed by atoms with van der Waals surface area (Å²) < 4.78 is 33.3. The molecule has 0 unspecified atom stereocenters. The zero-order valence-electron chi connectivity index (χ0n) is 6.76. The number of benzene rings is 1. The molecule has 72 valence electrons. The molecule has 0 spiro atoms. The highest BCUT2D eigenvalue weighted by Crippen LogP contribution is 2.26. The Morgan fingerprint density at radius 1 is 1.23 bits per heavy atom. The summed E-state index contributed by atoms with van der Waals surface area (Å²) in [5.41, 5.74) is 0. The van der Waals surface area contributed by atoms with Crippen molar-refractivity contribution in [3.8, 4) is 11.5 Å². The van der Waals surface area contributed by atoms with Gasteiger partial charge in [-0.1, -0.05) is 15.9 Å². The molecular formula is C8H7BrF2O2.